The monoisotopic (exact) mass is 269 g/mol. The van der Waals surface area contributed by atoms with Crippen molar-refractivity contribution in [3.8, 4) is 0 Å². The van der Waals surface area contributed by atoms with Crippen LogP contribution in [0.15, 0.2) is 12.1 Å². The molecule has 0 aliphatic heterocycles. The predicted octanol–water partition coefficient (Wildman–Crippen LogP) is 4.10. The molecule has 2 saturated carbocycles. The zero-order valence-corrected chi connectivity index (χ0v) is 11.6. The van der Waals surface area contributed by atoms with Gasteiger partial charge in [-0.2, -0.15) is 0 Å². The fourth-order valence-electron chi connectivity index (χ4n) is 3.86. The van der Waals surface area contributed by atoms with Crippen molar-refractivity contribution in [2.24, 2.45) is 23.5 Å². The summed E-state index contributed by atoms with van der Waals surface area (Å²) in [7, 11) is 0. The molecule has 0 aromatic carbocycles. The van der Waals surface area contributed by atoms with E-state index in [0.29, 0.717) is 6.04 Å². The lowest BCUT2D eigenvalue weighted by Gasteiger charge is -2.24. The molecule has 2 aliphatic rings. The summed E-state index contributed by atoms with van der Waals surface area (Å²) in [4.78, 5) is 1.34. The lowest BCUT2D eigenvalue weighted by atomic mass is 9.84. The smallest absolute Gasteiger partial charge is 0.0931 e. The molecule has 0 saturated heterocycles. The average Bonchev–Trinajstić information content (AvgIpc) is 2.95. The average molecular weight is 270 g/mol. The third-order valence-corrected chi connectivity index (χ3v) is 5.84. The van der Waals surface area contributed by atoms with Gasteiger partial charge < -0.3 is 5.73 Å². The van der Waals surface area contributed by atoms with E-state index in [4.69, 9.17) is 17.3 Å². The van der Waals surface area contributed by atoms with Gasteiger partial charge >= 0.3 is 0 Å². The number of hydrogen-bond donors (Lipinski definition) is 1. The van der Waals surface area contributed by atoms with Crippen LogP contribution in [0.4, 0.5) is 0 Å². The highest BCUT2D eigenvalue weighted by Crippen LogP contribution is 2.49. The maximum absolute atomic E-state index is 6.29. The fraction of sp³-hybridized carbons (Fsp3) is 0.714. The zero-order valence-electron chi connectivity index (χ0n) is 10.1. The summed E-state index contributed by atoms with van der Waals surface area (Å²) in [6, 6.07) is 4.42. The topological polar surface area (TPSA) is 26.0 Å². The number of thiophene rings is 1. The van der Waals surface area contributed by atoms with E-state index in [0.717, 1.165) is 28.5 Å². The number of rotatable bonds is 4. The van der Waals surface area contributed by atoms with Crippen LogP contribution in [0.25, 0.3) is 0 Å². The molecule has 0 amide bonds. The molecule has 17 heavy (non-hydrogen) atoms. The van der Waals surface area contributed by atoms with E-state index in [1.165, 1.54) is 37.0 Å². The lowest BCUT2D eigenvalue weighted by Crippen LogP contribution is -2.27. The Hall–Kier alpha value is -0.0500. The maximum Gasteiger partial charge on any atom is 0.0931 e. The Balaban J connectivity index is 1.52. The highest BCUT2D eigenvalue weighted by atomic mass is 35.5. The third kappa shape index (κ3) is 2.69. The first-order valence-corrected chi connectivity index (χ1v) is 7.90. The summed E-state index contributed by atoms with van der Waals surface area (Å²) < 4.78 is 0.882. The summed E-state index contributed by atoms with van der Waals surface area (Å²) in [6.07, 6.45) is 8.11. The van der Waals surface area contributed by atoms with Gasteiger partial charge in [0.2, 0.25) is 0 Å². The van der Waals surface area contributed by atoms with Crippen LogP contribution < -0.4 is 5.73 Å². The van der Waals surface area contributed by atoms with Crippen molar-refractivity contribution in [1.29, 1.82) is 0 Å². The molecule has 2 fully saturated rings. The molecule has 1 aromatic heterocycles. The quantitative estimate of drug-likeness (QED) is 0.875. The van der Waals surface area contributed by atoms with Crippen LogP contribution in [-0.4, -0.2) is 6.04 Å². The van der Waals surface area contributed by atoms with Gasteiger partial charge in [0.05, 0.1) is 4.34 Å². The molecule has 2 bridgehead atoms. The largest absolute Gasteiger partial charge is 0.327 e. The van der Waals surface area contributed by atoms with Crippen LogP contribution in [0.2, 0.25) is 4.34 Å². The summed E-state index contributed by atoms with van der Waals surface area (Å²) in [5.41, 5.74) is 6.29. The Morgan fingerprint density at radius 2 is 2.24 bits per heavy atom. The van der Waals surface area contributed by atoms with Crippen molar-refractivity contribution < 1.29 is 0 Å². The van der Waals surface area contributed by atoms with Crippen molar-refractivity contribution in [2.45, 2.75) is 44.6 Å². The Kier molecular flexibility index (Phi) is 3.47. The lowest BCUT2D eigenvalue weighted by molar-refractivity contribution is 0.294. The van der Waals surface area contributed by atoms with Crippen molar-refractivity contribution in [2.75, 3.05) is 0 Å². The molecule has 1 aromatic rings. The number of halogens is 1. The Bertz CT molecular complexity index is 389. The summed E-state index contributed by atoms with van der Waals surface area (Å²) in [6.45, 7) is 0. The minimum absolute atomic E-state index is 0.328. The van der Waals surface area contributed by atoms with Gasteiger partial charge in [-0.05, 0) is 62.0 Å². The van der Waals surface area contributed by atoms with E-state index >= 15 is 0 Å². The van der Waals surface area contributed by atoms with E-state index < -0.39 is 0 Å². The van der Waals surface area contributed by atoms with Crippen LogP contribution in [0.3, 0.4) is 0 Å². The first-order chi connectivity index (χ1) is 8.20. The molecule has 3 heteroatoms. The van der Waals surface area contributed by atoms with Gasteiger partial charge in [-0.15, -0.1) is 11.3 Å². The molecule has 94 valence electrons. The Labute approximate surface area is 112 Å². The summed E-state index contributed by atoms with van der Waals surface area (Å²) in [5, 5.41) is 0. The zero-order chi connectivity index (χ0) is 11.8. The highest BCUT2D eigenvalue weighted by Gasteiger charge is 2.39. The molecule has 0 spiro atoms. The highest BCUT2D eigenvalue weighted by molar-refractivity contribution is 7.16. The first kappa shape index (κ1) is 12.0. The molecule has 4 unspecified atom stereocenters. The molecular formula is C14H20ClNS. The van der Waals surface area contributed by atoms with Crippen LogP contribution in [-0.2, 0) is 6.42 Å². The van der Waals surface area contributed by atoms with Gasteiger partial charge in [-0.3, -0.25) is 0 Å². The van der Waals surface area contributed by atoms with Gasteiger partial charge in [0.25, 0.3) is 0 Å². The van der Waals surface area contributed by atoms with Crippen molar-refractivity contribution in [3.05, 3.63) is 21.3 Å². The second-order valence-electron chi connectivity index (χ2n) is 5.84. The minimum atomic E-state index is 0.328. The second kappa shape index (κ2) is 4.91. The summed E-state index contributed by atoms with van der Waals surface area (Å²) in [5.74, 6) is 2.95. The molecule has 2 aliphatic carbocycles. The van der Waals surface area contributed by atoms with Gasteiger partial charge in [-0.1, -0.05) is 18.0 Å². The minimum Gasteiger partial charge on any atom is -0.327 e. The van der Waals surface area contributed by atoms with Gasteiger partial charge in [0.1, 0.15) is 0 Å². The van der Waals surface area contributed by atoms with Crippen molar-refractivity contribution in [3.63, 3.8) is 0 Å². The van der Waals surface area contributed by atoms with Gasteiger partial charge in [0.15, 0.2) is 0 Å². The Morgan fingerprint density at radius 1 is 1.35 bits per heavy atom. The SMILES string of the molecule is NC(Cc1ccc(Cl)s1)CC1CC2CCC1C2. The molecule has 3 rings (SSSR count). The normalized spacial score (nSPS) is 33.2. The van der Waals surface area contributed by atoms with E-state index in [1.807, 2.05) is 6.07 Å². The van der Waals surface area contributed by atoms with Crippen LogP contribution in [0, 0.1) is 17.8 Å². The Morgan fingerprint density at radius 3 is 2.82 bits per heavy atom. The van der Waals surface area contributed by atoms with E-state index in [2.05, 4.69) is 6.07 Å². The molecular weight excluding hydrogens is 250 g/mol. The van der Waals surface area contributed by atoms with Crippen molar-refractivity contribution in [1.82, 2.24) is 0 Å². The van der Waals surface area contributed by atoms with E-state index in [9.17, 15) is 0 Å². The van der Waals surface area contributed by atoms with Crippen LogP contribution in [0.1, 0.15) is 37.0 Å². The van der Waals surface area contributed by atoms with Crippen molar-refractivity contribution >= 4 is 22.9 Å². The number of hydrogen-bond acceptors (Lipinski definition) is 2. The fourth-order valence-corrected chi connectivity index (χ4v) is 5.04. The van der Waals surface area contributed by atoms with Gasteiger partial charge in [0, 0.05) is 10.9 Å². The molecule has 1 nitrogen and oxygen atoms in total. The predicted molar refractivity (Wildman–Crippen MR) is 74.6 cm³/mol. The third-order valence-electron chi connectivity index (χ3n) is 4.58. The molecule has 1 heterocycles. The van der Waals surface area contributed by atoms with E-state index in [-0.39, 0.29) is 0 Å². The molecule has 2 N–H and O–H groups in total. The van der Waals surface area contributed by atoms with E-state index in [1.54, 1.807) is 11.3 Å². The van der Waals surface area contributed by atoms with Gasteiger partial charge in [-0.25, -0.2) is 0 Å². The standard InChI is InChI=1S/C14H20ClNS/c15-14-4-3-13(17-14)8-12(16)7-11-6-9-1-2-10(11)5-9/h3-4,9-12H,1-2,5-8,16H2. The second-order valence-corrected chi connectivity index (χ2v) is 7.64. The molecule has 4 atom stereocenters. The maximum atomic E-state index is 6.29. The van der Waals surface area contributed by atoms with Crippen LogP contribution in [0.5, 0.6) is 0 Å². The number of fused-ring (bicyclic) bond motifs is 2. The summed E-state index contributed by atoms with van der Waals surface area (Å²) >= 11 is 7.62. The first-order valence-electron chi connectivity index (χ1n) is 6.70. The molecule has 0 radical (unpaired) electrons. The number of nitrogens with two attached hydrogens (primary N) is 1. The van der Waals surface area contributed by atoms with Crippen LogP contribution >= 0.6 is 22.9 Å².